The van der Waals surface area contributed by atoms with Crippen LogP contribution in [0.3, 0.4) is 0 Å². The quantitative estimate of drug-likeness (QED) is 0.0809. The van der Waals surface area contributed by atoms with Crippen molar-refractivity contribution in [2.75, 3.05) is 7.11 Å². The first-order valence-electron chi connectivity index (χ1n) is 15.9. The van der Waals surface area contributed by atoms with E-state index < -0.39 is 40.2 Å². The Morgan fingerprint density at radius 2 is 0.978 bits per heavy atom. The fourth-order valence-corrected chi connectivity index (χ4v) is 28.2. The Morgan fingerprint density at radius 1 is 0.587 bits per heavy atom. The number of methoxy groups -OCH3 is 1. The van der Waals surface area contributed by atoms with Gasteiger partial charge >= 0.3 is 40.2 Å². The lowest BCUT2D eigenvalue weighted by molar-refractivity contribution is 0.0734. The summed E-state index contributed by atoms with van der Waals surface area (Å²) in [6, 6.07) is 24.0. The molecule has 0 amide bonds. The molecule has 3 aromatic rings. The summed E-state index contributed by atoms with van der Waals surface area (Å²) < 4.78 is 38.3. The van der Waals surface area contributed by atoms with Gasteiger partial charge in [-0.05, 0) is 132 Å². The molecule has 0 atom stereocenters. The Morgan fingerprint density at radius 3 is 1.37 bits per heavy atom. The number of carbonyl (C=O) groups is 2. The van der Waals surface area contributed by atoms with Crippen LogP contribution in [0.15, 0.2) is 72.8 Å². The number of hydrogen-bond donors (Lipinski definition) is 0. The predicted molar refractivity (Wildman–Crippen MR) is 190 cm³/mol. The third kappa shape index (κ3) is 10.7. The number of Topliss-reactive ketones (excluding diaryl/α,β-unsaturated/α-hetero) is 1. The van der Waals surface area contributed by atoms with Crippen molar-refractivity contribution in [2.24, 2.45) is 0 Å². The van der Waals surface area contributed by atoms with Crippen molar-refractivity contribution in [2.45, 2.75) is 84.0 Å². The molecule has 8 nitrogen and oxygen atoms in total. The van der Waals surface area contributed by atoms with Crippen LogP contribution in [0.4, 0.5) is 0 Å². The average molecular weight is 697 g/mol. The van der Waals surface area contributed by atoms with Crippen molar-refractivity contribution in [1.82, 2.24) is 0 Å². The van der Waals surface area contributed by atoms with Crippen LogP contribution >= 0.6 is 0 Å². The molecule has 0 aromatic heterocycles. The van der Waals surface area contributed by atoms with Gasteiger partial charge in [-0.1, -0.05) is 36.4 Å². The first-order chi connectivity index (χ1) is 21.6. The Bertz CT molecular complexity index is 1450. The summed E-state index contributed by atoms with van der Waals surface area (Å²) in [5.74, 6) is 0.837. The first-order valence-corrected chi connectivity index (χ1v) is 26.6. The Labute approximate surface area is 278 Å². The summed E-state index contributed by atoms with van der Waals surface area (Å²) in [6.07, 6.45) is 3.68. The van der Waals surface area contributed by atoms with E-state index >= 15 is 0 Å². The van der Waals surface area contributed by atoms with Gasteiger partial charge in [0.1, 0.15) is 11.5 Å². The number of esters is 1. The van der Waals surface area contributed by atoms with E-state index in [1.165, 1.54) is 12.5 Å². The van der Waals surface area contributed by atoms with Crippen molar-refractivity contribution in [1.29, 1.82) is 0 Å². The molecule has 1 saturated heterocycles. The molecule has 46 heavy (non-hydrogen) atoms. The van der Waals surface area contributed by atoms with Crippen molar-refractivity contribution >= 4 is 46.0 Å². The number of hydrogen-bond acceptors (Lipinski definition) is 8. The summed E-state index contributed by atoms with van der Waals surface area (Å²) in [7, 11) is -8.48. The number of ketones is 1. The van der Waals surface area contributed by atoms with E-state index in [-0.39, 0.29) is 5.78 Å². The molecule has 3 aromatic carbocycles. The molecular formula is C34H48O8Si4. The van der Waals surface area contributed by atoms with Crippen molar-refractivity contribution < 1.29 is 35.5 Å². The van der Waals surface area contributed by atoms with Gasteiger partial charge in [-0.3, -0.25) is 4.79 Å². The summed E-state index contributed by atoms with van der Waals surface area (Å²) in [5.41, 5.74) is 3.37. The predicted octanol–water partition coefficient (Wildman–Crippen LogP) is 8.31. The third-order valence-corrected chi connectivity index (χ3v) is 25.2. The largest absolute Gasteiger partial charge is 0.497 e. The normalized spacial score (nSPS) is 22.3. The molecule has 0 unspecified atom stereocenters. The van der Waals surface area contributed by atoms with Gasteiger partial charge in [0.15, 0.2) is 5.78 Å². The van der Waals surface area contributed by atoms with Crippen molar-refractivity contribution in [3.8, 4) is 11.5 Å². The van der Waals surface area contributed by atoms with Gasteiger partial charge in [0.25, 0.3) is 0 Å². The zero-order valence-corrected chi connectivity index (χ0v) is 32.4. The van der Waals surface area contributed by atoms with E-state index in [1.54, 1.807) is 31.4 Å². The Hall–Kier alpha value is -2.69. The highest BCUT2D eigenvalue weighted by atomic mass is 28.5. The van der Waals surface area contributed by atoms with E-state index in [1.807, 2.05) is 36.4 Å². The maximum atomic E-state index is 12.5. The minimum atomic E-state index is -2.59. The highest BCUT2D eigenvalue weighted by Gasteiger charge is 2.53. The molecule has 248 valence electrons. The lowest BCUT2D eigenvalue weighted by atomic mass is 10.1. The molecule has 0 radical (unpaired) electrons. The van der Waals surface area contributed by atoms with Crippen LogP contribution < -0.4 is 9.47 Å². The molecule has 12 heteroatoms. The second-order valence-electron chi connectivity index (χ2n) is 13.2. The molecule has 1 fully saturated rings. The molecule has 4 rings (SSSR count). The molecule has 0 saturated carbocycles. The van der Waals surface area contributed by atoms with Crippen molar-refractivity contribution in [3.05, 3.63) is 95.1 Å². The summed E-state index contributed by atoms with van der Waals surface area (Å²) in [5, 5.41) is 0. The van der Waals surface area contributed by atoms with E-state index in [2.05, 4.69) is 51.4 Å². The topological polar surface area (TPSA) is 89.5 Å². The van der Waals surface area contributed by atoms with Gasteiger partial charge in [0.05, 0.1) is 12.7 Å². The van der Waals surface area contributed by atoms with Crippen molar-refractivity contribution in [3.63, 3.8) is 0 Å². The van der Waals surface area contributed by atoms with Gasteiger partial charge in [-0.15, -0.1) is 0 Å². The van der Waals surface area contributed by atoms with E-state index in [9.17, 15) is 9.59 Å². The van der Waals surface area contributed by atoms with Crippen LogP contribution in [0.1, 0.15) is 51.6 Å². The summed E-state index contributed by atoms with van der Waals surface area (Å²) >= 11 is 0. The molecule has 0 N–H and O–H groups in total. The van der Waals surface area contributed by atoms with E-state index in [4.69, 9.17) is 25.9 Å². The van der Waals surface area contributed by atoms with Crippen LogP contribution in [0.25, 0.3) is 0 Å². The van der Waals surface area contributed by atoms with Gasteiger partial charge < -0.3 is 25.9 Å². The molecule has 1 aliphatic heterocycles. The lowest BCUT2D eigenvalue weighted by Crippen LogP contribution is -2.65. The zero-order valence-electron chi connectivity index (χ0n) is 28.4. The fraction of sp³-hybridized carbons (Fsp3) is 0.412. The zero-order chi connectivity index (χ0) is 33.6. The molecule has 0 aliphatic carbocycles. The van der Waals surface area contributed by atoms with Crippen LogP contribution in [0, 0.1) is 0 Å². The number of rotatable bonds is 12. The summed E-state index contributed by atoms with van der Waals surface area (Å²) in [6.45, 7) is 14.3. The lowest BCUT2D eigenvalue weighted by Gasteiger charge is -2.48. The maximum Gasteiger partial charge on any atom is 0.343 e. The SMILES string of the molecule is COc1ccc(CCC[Si]2(C)O[Si](C)(C)O[Si](C)(CCCc3ccc(OC(=O)c4ccc(C(C)=O)cc4)cc3)O[Si](C)(C)O2)cc1. The number of ether oxygens (including phenoxy) is 2. The number of carbonyl (C=O) groups excluding carboxylic acids is 2. The molecule has 1 aliphatic rings. The molecule has 0 spiro atoms. The average Bonchev–Trinajstić information content (AvgIpc) is 2.96. The second-order valence-corrected chi connectivity index (χ2v) is 27.6. The van der Waals surface area contributed by atoms with Crippen LogP contribution in [-0.2, 0) is 29.3 Å². The van der Waals surface area contributed by atoms with Gasteiger partial charge in [-0.25, -0.2) is 4.79 Å². The van der Waals surface area contributed by atoms with Crippen LogP contribution in [0.2, 0.25) is 51.4 Å². The monoisotopic (exact) mass is 696 g/mol. The molecule has 1 heterocycles. The second kappa shape index (κ2) is 15.0. The van der Waals surface area contributed by atoms with Gasteiger partial charge in [0.2, 0.25) is 0 Å². The third-order valence-electron chi connectivity index (χ3n) is 7.86. The smallest absolute Gasteiger partial charge is 0.343 e. The minimum absolute atomic E-state index is 0.0461. The van der Waals surface area contributed by atoms with Gasteiger partial charge in [-0.2, -0.15) is 0 Å². The van der Waals surface area contributed by atoms with E-state index in [0.717, 1.165) is 49.1 Å². The minimum Gasteiger partial charge on any atom is -0.497 e. The standard InChI is InChI=1S/C34H48O8Si4/c1-27(35)30-17-19-31(20-18-30)34(36)38-33-23-15-29(16-24-33)12-10-26-46(8)41-43(3,4)39-45(7,40-44(5,6)42-46)25-9-11-28-13-21-32(37-2)22-14-28/h13-24H,9-12,25-26H2,1-8H3. The fourth-order valence-electron chi connectivity index (χ4n) is 6.12. The Balaban J connectivity index is 1.30. The Kier molecular flexibility index (Phi) is 11.8. The van der Waals surface area contributed by atoms with E-state index in [0.29, 0.717) is 16.9 Å². The van der Waals surface area contributed by atoms with Gasteiger partial charge in [0, 0.05) is 5.56 Å². The van der Waals surface area contributed by atoms with Crippen LogP contribution in [-0.4, -0.2) is 53.1 Å². The first kappa shape index (κ1) is 36.1. The highest BCUT2D eigenvalue weighted by Crippen LogP contribution is 2.35. The van der Waals surface area contributed by atoms with Crippen LogP contribution in [0.5, 0.6) is 11.5 Å². The maximum absolute atomic E-state index is 12.5. The number of aryl methyl sites for hydroxylation is 2. The number of benzene rings is 3. The highest BCUT2D eigenvalue weighted by molar-refractivity contribution is 6.93. The summed E-state index contributed by atoms with van der Waals surface area (Å²) in [4.78, 5) is 24.0. The molecular weight excluding hydrogens is 649 g/mol. The molecule has 0 bridgehead atoms.